The molecule has 0 atom stereocenters. The molecule has 0 spiro atoms. The Labute approximate surface area is 106 Å². The maximum Gasteiger partial charge on any atom is 0.239 e. The molecular weight excluding hydrogens is 228 g/mol. The molecule has 1 aliphatic carbocycles. The zero-order valence-electron chi connectivity index (χ0n) is 10.7. The number of carbonyl (C=O) groups is 1. The number of hydrogen-bond acceptors (Lipinski definition) is 4. The van der Waals surface area contributed by atoms with Crippen molar-refractivity contribution in [3.8, 4) is 6.07 Å². The van der Waals surface area contributed by atoms with Crippen LogP contribution in [-0.4, -0.2) is 31.5 Å². The Kier molecular flexibility index (Phi) is 3.47. The summed E-state index contributed by atoms with van der Waals surface area (Å²) in [5.74, 6) is 0.505. The van der Waals surface area contributed by atoms with Gasteiger partial charge in [0.15, 0.2) is 0 Å². The first kappa shape index (κ1) is 12.4. The molecule has 1 aromatic heterocycles. The molecule has 0 bridgehead atoms. The molecule has 1 heterocycles. The lowest BCUT2D eigenvalue weighted by Gasteiger charge is -2.19. The summed E-state index contributed by atoms with van der Waals surface area (Å²) in [6.45, 7) is 0.205. The number of aromatic nitrogens is 1. The maximum absolute atomic E-state index is 11.4. The summed E-state index contributed by atoms with van der Waals surface area (Å²) in [7, 11) is 3.37. The largest absolute Gasteiger partial charge is 0.358 e. The first-order chi connectivity index (χ1) is 8.65. The Morgan fingerprint density at radius 1 is 1.61 bits per heavy atom. The lowest BCUT2D eigenvalue weighted by atomic mass is 10.1. The Morgan fingerprint density at radius 2 is 2.39 bits per heavy atom. The molecule has 0 aromatic carbocycles. The van der Waals surface area contributed by atoms with E-state index >= 15 is 0 Å². The lowest BCUT2D eigenvalue weighted by molar-refractivity contribution is -0.119. The molecule has 94 valence electrons. The van der Waals surface area contributed by atoms with E-state index in [1.807, 2.05) is 6.07 Å². The molecule has 1 aromatic rings. The zero-order valence-corrected chi connectivity index (χ0v) is 10.7. The van der Waals surface area contributed by atoms with Crippen LogP contribution < -0.4 is 10.2 Å². The average Bonchev–Trinajstić information content (AvgIpc) is 2.83. The van der Waals surface area contributed by atoms with Crippen LogP contribution in [0.5, 0.6) is 0 Å². The molecule has 1 N–H and O–H groups in total. The van der Waals surface area contributed by atoms with Crippen molar-refractivity contribution in [3.63, 3.8) is 0 Å². The van der Waals surface area contributed by atoms with E-state index in [2.05, 4.69) is 16.4 Å². The predicted octanol–water partition coefficient (Wildman–Crippen LogP) is 0.624. The number of carbonyl (C=O) groups excluding carboxylic acids is 1. The Bertz CT molecular complexity index is 518. The van der Waals surface area contributed by atoms with Gasteiger partial charge >= 0.3 is 0 Å². The normalized spacial score (nSPS) is 12.7. The Morgan fingerprint density at radius 3 is 3.06 bits per heavy atom. The fraction of sp³-hybridized carbons (Fsp3) is 0.462. The standard InChI is InChI=1S/C13H16N4O/c1-15-12(18)8-17(2)13-10(7-14)6-9-4-3-5-11(9)16-13/h6H,3-5,8H2,1-2H3,(H,15,18). The molecule has 0 radical (unpaired) electrons. The summed E-state index contributed by atoms with van der Waals surface area (Å²) < 4.78 is 0. The van der Waals surface area contributed by atoms with Gasteiger partial charge in [0, 0.05) is 19.8 Å². The highest BCUT2D eigenvalue weighted by molar-refractivity contribution is 5.81. The van der Waals surface area contributed by atoms with Crippen molar-refractivity contribution in [2.75, 3.05) is 25.5 Å². The molecule has 0 aliphatic heterocycles. The number of fused-ring (bicyclic) bond motifs is 1. The summed E-state index contributed by atoms with van der Waals surface area (Å²) in [5, 5.41) is 11.7. The van der Waals surface area contributed by atoms with Crippen molar-refractivity contribution in [1.29, 1.82) is 5.26 Å². The number of nitriles is 1. The second kappa shape index (κ2) is 5.05. The van der Waals surface area contributed by atoms with Crippen LogP contribution in [0.3, 0.4) is 0 Å². The van der Waals surface area contributed by atoms with Gasteiger partial charge in [-0.05, 0) is 30.9 Å². The fourth-order valence-corrected chi connectivity index (χ4v) is 2.20. The van der Waals surface area contributed by atoms with Crippen LogP contribution in [-0.2, 0) is 17.6 Å². The number of aryl methyl sites for hydroxylation is 2. The molecule has 2 rings (SSSR count). The predicted molar refractivity (Wildman–Crippen MR) is 68.3 cm³/mol. The highest BCUT2D eigenvalue weighted by atomic mass is 16.1. The van der Waals surface area contributed by atoms with Crippen LogP contribution in [0.15, 0.2) is 6.07 Å². The molecule has 1 aliphatic rings. The van der Waals surface area contributed by atoms with Gasteiger partial charge < -0.3 is 10.2 Å². The molecule has 5 heteroatoms. The summed E-state index contributed by atoms with van der Waals surface area (Å²) in [6, 6.07) is 4.07. The number of amides is 1. The highest BCUT2D eigenvalue weighted by Gasteiger charge is 2.19. The van der Waals surface area contributed by atoms with Crippen LogP contribution >= 0.6 is 0 Å². The summed E-state index contributed by atoms with van der Waals surface area (Å²) in [6.07, 6.45) is 3.05. The van der Waals surface area contributed by atoms with E-state index in [1.54, 1.807) is 19.0 Å². The van der Waals surface area contributed by atoms with Crippen molar-refractivity contribution in [2.24, 2.45) is 0 Å². The topological polar surface area (TPSA) is 69.0 Å². The zero-order chi connectivity index (χ0) is 13.1. The van der Waals surface area contributed by atoms with E-state index < -0.39 is 0 Å². The van der Waals surface area contributed by atoms with Crippen molar-refractivity contribution in [1.82, 2.24) is 10.3 Å². The minimum Gasteiger partial charge on any atom is -0.358 e. The van der Waals surface area contributed by atoms with Crippen LogP contribution in [0, 0.1) is 11.3 Å². The van der Waals surface area contributed by atoms with E-state index in [9.17, 15) is 10.1 Å². The molecular formula is C13H16N4O. The van der Waals surface area contributed by atoms with Gasteiger partial charge in [0.05, 0.1) is 12.1 Å². The van der Waals surface area contributed by atoms with Crippen molar-refractivity contribution >= 4 is 11.7 Å². The molecule has 0 unspecified atom stereocenters. The molecule has 0 saturated carbocycles. The molecule has 1 amide bonds. The average molecular weight is 244 g/mol. The van der Waals surface area contributed by atoms with Crippen LogP contribution in [0.2, 0.25) is 0 Å². The number of nitrogens with one attached hydrogen (secondary N) is 1. The van der Waals surface area contributed by atoms with Crippen molar-refractivity contribution in [2.45, 2.75) is 19.3 Å². The summed E-state index contributed by atoms with van der Waals surface area (Å²) in [5.41, 5.74) is 2.78. The van der Waals surface area contributed by atoms with E-state index in [0.29, 0.717) is 11.4 Å². The van der Waals surface area contributed by atoms with Gasteiger partial charge in [0.1, 0.15) is 11.9 Å². The van der Waals surface area contributed by atoms with E-state index in [-0.39, 0.29) is 12.5 Å². The molecule has 0 saturated heterocycles. The van der Waals surface area contributed by atoms with E-state index in [4.69, 9.17) is 0 Å². The smallest absolute Gasteiger partial charge is 0.239 e. The number of anilines is 1. The number of hydrogen-bond donors (Lipinski definition) is 1. The minimum atomic E-state index is -0.0938. The first-order valence-electron chi connectivity index (χ1n) is 6.00. The van der Waals surface area contributed by atoms with Crippen LogP contribution in [0.25, 0.3) is 0 Å². The van der Waals surface area contributed by atoms with Crippen molar-refractivity contribution < 1.29 is 4.79 Å². The van der Waals surface area contributed by atoms with Crippen LogP contribution in [0.1, 0.15) is 23.2 Å². The van der Waals surface area contributed by atoms with Gasteiger partial charge in [-0.1, -0.05) is 0 Å². The monoisotopic (exact) mass is 244 g/mol. The van der Waals surface area contributed by atoms with Gasteiger partial charge in [-0.15, -0.1) is 0 Å². The quantitative estimate of drug-likeness (QED) is 0.846. The van der Waals surface area contributed by atoms with E-state index in [1.165, 1.54) is 5.56 Å². The first-order valence-corrected chi connectivity index (χ1v) is 6.00. The molecule has 18 heavy (non-hydrogen) atoms. The van der Waals surface area contributed by atoms with E-state index in [0.717, 1.165) is 25.0 Å². The minimum absolute atomic E-state index is 0.0938. The number of likely N-dealkylation sites (N-methyl/N-ethyl adjacent to an activating group) is 2. The Balaban J connectivity index is 2.32. The second-order valence-electron chi connectivity index (χ2n) is 4.46. The fourth-order valence-electron chi connectivity index (χ4n) is 2.20. The number of rotatable bonds is 3. The molecule has 5 nitrogen and oxygen atoms in total. The van der Waals surface area contributed by atoms with Gasteiger partial charge in [-0.3, -0.25) is 4.79 Å². The van der Waals surface area contributed by atoms with Gasteiger partial charge in [0.2, 0.25) is 5.91 Å². The third kappa shape index (κ3) is 2.28. The number of pyridine rings is 1. The summed E-state index contributed by atoms with van der Waals surface area (Å²) in [4.78, 5) is 17.6. The lowest BCUT2D eigenvalue weighted by Crippen LogP contribution is -2.34. The van der Waals surface area contributed by atoms with Crippen molar-refractivity contribution in [3.05, 3.63) is 22.9 Å². The molecule has 0 fully saturated rings. The second-order valence-corrected chi connectivity index (χ2v) is 4.46. The maximum atomic E-state index is 11.4. The SMILES string of the molecule is CNC(=O)CN(C)c1nc2c(cc1C#N)CCC2. The summed E-state index contributed by atoms with van der Waals surface area (Å²) >= 11 is 0. The third-order valence-corrected chi connectivity index (χ3v) is 3.17. The van der Waals surface area contributed by atoms with Crippen LogP contribution in [0.4, 0.5) is 5.82 Å². The third-order valence-electron chi connectivity index (χ3n) is 3.17. The van der Waals surface area contributed by atoms with Gasteiger partial charge in [-0.25, -0.2) is 4.98 Å². The number of nitrogens with zero attached hydrogens (tertiary/aromatic N) is 3. The van der Waals surface area contributed by atoms with Gasteiger partial charge in [0.25, 0.3) is 0 Å². The highest BCUT2D eigenvalue weighted by Crippen LogP contribution is 2.26. The Hall–Kier alpha value is -2.09. The van der Waals surface area contributed by atoms with Gasteiger partial charge in [-0.2, -0.15) is 5.26 Å².